The molecule has 1 saturated carbocycles. The average Bonchev–Trinajstić information content (AvgIpc) is 2.79. The second-order valence-electron chi connectivity index (χ2n) is 6.56. The third kappa shape index (κ3) is 2.96. The molecule has 0 spiro atoms. The molecule has 1 aromatic carbocycles. The highest BCUT2D eigenvalue weighted by atomic mass is 16.1. The number of hydrogen-bond donors (Lipinski definition) is 0. The molecule has 2 heterocycles. The SMILES string of the molecule is O=C(N=C1N=C2C=CC=CN2Cc2ccccc21)C1CCCCC1. The molecule has 1 fully saturated rings. The number of carbonyl (C=O) groups excluding carboxylic acids is 1. The molecule has 4 heteroatoms. The lowest BCUT2D eigenvalue weighted by Gasteiger charge is -2.20. The number of amidine groups is 2. The van der Waals surface area contributed by atoms with E-state index in [0.29, 0.717) is 5.84 Å². The van der Waals surface area contributed by atoms with E-state index in [1.807, 2.05) is 42.6 Å². The van der Waals surface area contributed by atoms with Gasteiger partial charge in [-0.25, -0.2) is 4.99 Å². The van der Waals surface area contributed by atoms with Crippen molar-refractivity contribution in [3.8, 4) is 0 Å². The fraction of sp³-hybridized carbons (Fsp3) is 0.350. The molecule has 0 N–H and O–H groups in total. The van der Waals surface area contributed by atoms with Gasteiger partial charge in [-0.15, -0.1) is 0 Å². The zero-order valence-electron chi connectivity index (χ0n) is 13.7. The van der Waals surface area contributed by atoms with Crippen LogP contribution in [0.2, 0.25) is 0 Å². The minimum atomic E-state index is -0.00682. The van der Waals surface area contributed by atoms with Crippen molar-refractivity contribution >= 4 is 17.6 Å². The van der Waals surface area contributed by atoms with E-state index >= 15 is 0 Å². The van der Waals surface area contributed by atoms with Gasteiger partial charge in [0.2, 0.25) is 0 Å². The first-order valence-corrected chi connectivity index (χ1v) is 8.72. The smallest absolute Gasteiger partial charge is 0.250 e. The van der Waals surface area contributed by atoms with Gasteiger partial charge in [0.05, 0.1) is 0 Å². The van der Waals surface area contributed by atoms with Gasteiger partial charge in [0, 0.05) is 24.2 Å². The predicted molar refractivity (Wildman–Crippen MR) is 95.8 cm³/mol. The van der Waals surface area contributed by atoms with Crippen LogP contribution in [0.5, 0.6) is 0 Å². The van der Waals surface area contributed by atoms with Crippen molar-refractivity contribution in [2.24, 2.45) is 15.9 Å². The van der Waals surface area contributed by atoms with Crippen LogP contribution in [0, 0.1) is 5.92 Å². The zero-order chi connectivity index (χ0) is 16.4. The number of allylic oxidation sites excluding steroid dienone is 2. The second kappa shape index (κ2) is 6.56. The Bertz CT molecular complexity index is 767. The predicted octanol–water partition coefficient (Wildman–Crippen LogP) is 3.84. The van der Waals surface area contributed by atoms with Gasteiger partial charge in [0.1, 0.15) is 5.84 Å². The van der Waals surface area contributed by atoms with E-state index in [1.54, 1.807) is 0 Å². The number of rotatable bonds is 1. The summed E-state index contributed by atoms with van der Waals surface area (Å²) in [5, 5.41) is 0. The van der Waals surface area contributed by atoms with Gasteiger partial charge in [-0.3, -0.25) is 4.79 Å². The van der Waals surface area contributed by atoms with Gasteiger partial charge in [0.15, 0.2) is 5.84 Å². The first-order valence-electron chi connectivity index (χ1n) is 8.72. The number of hydrogen-bond acceptors (Lipinski definition) is 2. The van der Waals surface area contributed by atoms with Crippen LogP contribution in [0.15, 0.2) is 58.7 Å². The largest absolute Gasteiger partial charge is 0.329 e. The minimum Gasteiger partial charge on any atom is -0.329 e. The number of aliphatic imine (C=N–C) groups is 2. The highest BCUT2D eigenvalue weighted by Crippen LogP contribution is 2.26. The Morgan fingerprint density at radius 1 is 1.12 bits per heavy atom. The van der Waals surface area contributed by atoms with Gasteiger partial charge < -0.3 is 4.90 Å². The molecular weight excluding hydrogens is 298 g/mol. The van der Waals surface area contributed by atoms with Crippen molar-refractivity contribution in [1.82, 2.24) is 4.90 Å². The Morgan fingerprint density at radius 3 is 2.83 bits per heavy atom. The van der Waals surface area contributed by atoms with Crippen molar-refractivity contribution in [1.29, 1.82) is 0 Å². The van der Waals surface area contributed by atoms with Crippen molar-refractivity contribution in [2.75, 3.05) is 0 Å². The first-order chi connectivity index (χ1) is 11.8. The molecule has 1 amide bonds. The third-order valence-electron chi connectivity index (χ3n) is 4.91. The summed E-state index contributed by atoms with van der Waals surface area (Å²) in [5.74, 6) is 1.45. The Balaban J connectivity index is 1.73. The van der Waals surface area contributed by atoms with Crippen LogP contribution >= 0.6 is 0 Å². The summed E-state index contributed by atoms with van der Waals surface area (Å²) in [5.41, 5.74) is 2.11. The summed E-state index contributed by atoms with van der Waals surface area (Å²) in [6.45, 7) is 0.743. The fourth-order valence-corrected chi connectivity index (χ4v) is 3.56. The average molecular weight is 319 g/mol. The molecule has 122 valence electrons. The van der Waals surface area contributed by atoms with Crippen molar-refractivity contribution in [3.63, 3.8) is 0 Å². The molecule has 24 heavy (non-hydrogen) atoms. The minimum absolute atomic E-state index is 0.00682. The summed E-state index contributed by atoms with van der Waals surface area (Å²) in [4.78, 5) is 23.9. The van der Waals surface area contributed by atoms with Crippen LogP contribution in [0.25, 0.3) is 0 Å². The molecule has 1 aliphatic carbocycles. The lowest BCUT2D eigenvalue weighted by molar-refractivity contribution is -0.122. The van der Waals surface area contributed by atoms with E-state index in [-0.39, 0.29) is 11.8 Å². The Kier molecular flexibility index (Phi) is 4.11. The maximum absolute atomic E-state index is 12.6. The molecule has 1 aromatic rings. The Morgan fingerprint density at radius 2 is 1.96 bits per heavy atom. The van der Waals surface area contributed by atoms with Crippen LogP contribution in [0.4, 0.5) is 0 Å². The molecule has 4 rings (SSSR count). The van der Waals surface area contributed by atoms with Crippen molar-refractivity contribution < 1.29 is 4.79 Å². The first kappa shape index (κ1) is 15.1. The fourth-order valence-electron chi connectivity index (χ4n) is 3.56. The molecule has 0 unspecified atom stereocenters. The monoisotopic (exact) mass is 319 g/mol. The van der Waals surface area contributed by atoms with Crippen LogP contribution in [0.1, 0.15) is 43.2 Å². The third-order valence-corrected chi connectivity index (χ3v) is 4.91. The summed E-state index contributed by atoms with van der Waals surface area (Å²) >= 11 is 0. The normalized spacial score (nSPS) is 21.9. The maximum atomic E-state index is 12.6. The van der Waals surface area contributed by atoms with Gasteiger partial charge in [0.25, 0.3) is 5.91 Å². The molecule has 0 radical (unpaired) electrons. The van der Waals surface area contributed by atoms with E-state index in [0.717, 1.165) is 49.2 Å². The van der Waals surface area contributed by atoms with Crippen LogP contribution in [0.3, 0.4) is 0 Å². The molecule has 0 aromatic heterocycles. The summed E-state index contributed by atoms with van der Waals surface area (Å²) in [7, 11) is 0. The number of nitrogens with zero attached hydrogens (tertiary/aromatic N) is 3. The lowest BCUT2D eigenvalue weighted by Crippen LogP contribution is -2.24. The molecule has 0 atom stereocenters. The van der Waals surface area contributed by atoms with Gasteiger partial charge >= 0.3 is 0 Å². The van der Waals surface area contributed by atoms with Crippen LogP contribution in [-0.4, -0.2) is 22.5 Å². The topological polar surface area (TPSA) is 45.0 Å². The summed E-state index contributed by atoms with van der Waals surface area (Å²) in [6.07, 6.45) is 13.4. The lowest BCUT2D eigenvalue weighted by atomic mass is 9.89. The van der Waals surface area contributed by atoms with Crippen LogP contribution in [-0.2, 0) is 11.3 Å². The van der Waals surface area contributed by atoms with E-state index in [4.69, 9.17) is 4.99 Å². The Labute approximate surface area is 142 Å². The van der Waals surface area contributed by atoms with E-state index in [9.17, 15) is 4.79 Å². The standard InChI is InChI=1S/C20H21N3O/c24-20(15-8-2-1-3-9-15)22-19-17-11-5-4-10-16(17)14-23-13-7-6-12-18(23)21-19/h4-7,10-13,15H,1-3,8-9,14H2. The molecule has 2 aliphatic heterocycles. The van der Waals surface area contributed by atoms with Gasteiger partial charge in [-0.05, 0) is 30.6 Å². The van der Waals surface area contributed by atoms with Crippen molar-refractivity contribution in [3.05, 3.63) is 59.8 Å². The quantitative estimate of drug-likeness (QED) is 0.789. The number of fused-ring (bicyclic) bond motifs is 2. The summed E-state index contributed by atoms with van der Waals surface area (Å²) < 4.78 is 0. The zero-order valence-corrected chi connectivity index (χ0v) is 13.7. The van der Waals surface area contributed by atoms with Gasteiger partial charge in [-0.1, -0.05) is 49.6 Å². The number of amides is 1. The summed E-state index contributed by atoms with van der Waals surface area (Å²) in [6, 6.07) is 8.10. The molecule has 0 bridgehead atoms. The van der Waals surface area contributed by atoms with Crippen molar-refractivity contribution in [2.45, 2.75) is 38.6 Å². The van der Waals surface area contributed by atoms with E-state index < -0.39 is 0 Å². The highest BCUT2D eigenvalue weighted by Gasteiger charge is 2.24. The molecular formula is C20H21N3O. The van der Waals surface area contributed by atoms with Crippen LogP contribution < -0.4 is 0 Å². The van der Waals surface area contributed by atoms with Gasteiger partial charge in [-0.2, -0.15) is 4.99 Å². The van der Waals surface area contributed by atoms with E-state index in [1.165, 1.54) is 6.42 Å². The molecule has 3 aliphatic rings. The maximum Gasteiger partial charge on any atom is 0.250 e. The highest BCUT2D eigenvalue weighted by molar-refractivity contribution is 6.14. The number of benzene rings is 1. The number of carbonyl (C=O) groups is 1. The van der Waals surface area contributed by atoms with E-state index in [2.05, 4.69) is 16.0 Å². The molecule has 0 saturated heterocycles. The second-order valence-corrected chi connectivity index (χ2v) is 6.56. The Hall–Kier alpha value is -2.49. The molecule has 4 nitrogen and oxygen atoms in total.